The Morgan fingerprint density at radius 1 is 0.911 bits per heavy atom. The summed E-state index contributed by atoms with van der Waals surface area (Å²) < 4.78 is 7.36. The zero-order chi connectivity index (χ0) is 39.9. The molecule has 6 N–H and O–H groups in total. The van der Waals surface area contributed by atoms with E-state index >= 15 is 0 Å². The molecule has 2 heterocycles. The van der Waals surface area contributed by atoms with E-state index in [1.54, 1.807) is 4.57 Å². The molecule has 0 radical (unpaired) electrons. The van der Waals surface area contributed by atoms with Crippen molar-refractivity contribution in [3.05, 3.63) is 107 Å². The Hall–Kier alpha value is -5.15. The number of benzene rings is 3. The van der Waals surface area contributed by atoms with Crippen LogP contribution in [0.1, 0.15) is 66.5 Å². The predicted octanol–water partition coefficient (Wildman–Crippen LogP) is 5.22. The highest BCUT2D eigenvalue weighted by Gasteiger charge is 2.28. The summed E-state index contributed by atoms with van der Waals surface area (Å²) in [7, 11) is 0. The first-order valence-corrected chi connectivity index (χ1v) is 18.3. The molecule has 19 heteroatoms. The summed E-state index contributed by atoms with van der Waals surface area (Å²) in [5.74, 6) is -0.142. The zero-order valence-corrected chi connectivity index (χ0v) is 31.3. The van der Waals surface area contributed by atoms with Crippen LogP contribution in [0.2, 0.25) is 5.15 Å². The number of aryl methyl sites for hydroxylation is 1. The number of tetrazole rings is 1. The topological polar surface area (TPSA) is 234 Å². The molecule has 5 rings (SSSR count). The number of carbonyl (C=O) groups is 2. The van der Waals surface area contributed by atoms with Crippen molar-refractivity contribution in [2.24, 2.45) is 0 Å². The van der Waals surface area contributed by atoms with Crippen LogP contribution in [-0.2, 0) is 38.6 Å². The van der Waals surface area contributed by atoms with E-state index in [2.05, 4.69) is 42.7 Å². The Bertz CT molecular complexity index is 1960. The van der Waals surface area contributed by atoms with Gasteiger partial charge in [-0.1, -0.05) is 104 Å². The molecular weight excluding hydrogens is 750 g/mol. The molecule has 5 aromatic rings. The van der Waals surface area contributed by atoms with Crippen molar-refractivity contribution in [3.63, 3.8) is 0 Å². The first-order valence-electron chi connectivity index (χ1n) is 18.0. The lowest BCUT2D eigenvalue weighted by Gasteiger charge is -2.20. The number of imidazole rings is 1. The number of halogens is 1. The number of nitrogens with zero attached hydrogens (tertiary/aromatic N) is 7. The molecule has 0 bridgehead atoms. The number of aromatic amines is 1. The van der Waals surface area contributed by atoms with E-state index in [4.69, 9.17) is 42.0 Å². The number of carbonyl (C=O) groups excluding carboxylic acids is 2. The molecule has 0 spiro atoms. The summed E-state index contributed by atoms with van der Waals surface area (Å²) in [5.41, 5.74) is 4.49. The summed E-state index contributed by atoms with van der Waals surface area (Å²) in [6.07, 6.45) is 2.34. The van der Waals surface area contributed by atoms with Gasteiger partial charge in [0.05, 0.1) is 17.4 Å². The normalized spacial score (nSPS) is 12.6. The van der Waals surface area contributed by atoms with Crippen LogP contribution in [0.25, 0.3) is 22.5 Å². The number of rotatable bonds is 22. The SMILES string of the molecule is CCCCc1nc(Cl)c(C(=O)NC(Cc2ccccc2)C(=O)OCCCCC(CON(O)O)ON(O)O)n1Cc1ccc(-c2ccccc2-c2nn[nH]n2)cc1. The number of amides is 1. The third kappa shape index (κ3) is 12.2. The summed E-state index contributed by atoms with van der Waals surface area (Å²) in [4.78, 5) is 41.4. The Kier molecular flexibility index (Phi) is 15.9. The molecule has 0 aliphatic carbocycles. The molecule has 0 saturated carbocycles. The quantitative estimate of drug-likeness (QED) is 0.0299. The van der Waals surface area contributed by atoms with E-state index in [1.807, 2.05) is 78.9 Å². The Morgan fingerprint density at radius 3 is 2.32 bits per heavy atom. The number of aromatic nitrogens is 6. The van der Waals surface area contributed by atoms with E-state index in [-0.39, 0.29) is 36.8 Å². The van der Waals surface area contributed by atoms with E-state index in [1.165, 1.54) is 0 Å². The van der Waals surface area contributed by atoms with Crippen LogP contribution < -0.4 is 5.32 Å². The van der Waals surface area contributed by atoms with Gasteiger partial charge < -0.3 is 14.6 Å². The third-order valence-electron chi connectivity index (χ3n) is 8.75. The lowest BCUT2D eigenvalue weighted by atomic mass is 9.98. The molecule has 2 aromatic heterocycles. The van der Waals surface area contributed by atoms with Crippen molar-refractivity contribution < 1.29 is 44.8 Å². The van der Waals surface area contributed by atoms with Crippen molar-refractivity contribution in [2.45, 2.75) is 70.6 Å². The van der Waals surface area contributed by atoms with Crippen molar-refractivity contribution in [1.29, 1.82) is 0 Å². The van der Waals surface area contributed by atoms with Crippen molar-refractivity contribution in [3.8, 4) is 22.5 Å². The number of hydrogen-bond donors (Lipinski definition) is 6. The fraction of sp³-hybridized carbons (Fsp3) is 0.351. The van der Waals surface area contributed by atoms with Gasteiger partial charge in [0.2, 0.25) is 5.82 Å². The van der Waals surface area contributed by atoms with Crippen LogP contribution in [-0.4, -0.2) is 99.0 Å². The number of H-pyrrole nitrogens is 1. The molecule has 1 amide bonds. The Labute approximate surface area is 326 Å². The molecule has 2 atom stereocenters. The maximum Gasteiger partial charge on any atom is 0.328 e. The lowest BCUT2D eigenvalue weighted by Crippen LogP contribution is -2.44. The summed E-state index contributed by atoms with van der Waals surface area (Å²) in [5, 5.41) is 51.8. The fourth-order valence-corrected chi connectivity index (χ4v) is 6.31. The van der Waals surface area contributed by atoms with Crippen molar-refractivity contribution in [2.75, 3.05) is 13.2 Å². The van der Waals surface area contributed by atoms with Gasteiger partial charge in [-0.3, -0.25) is 25.6 Å². The largest absolute Gasteiger partial charge is 0.464 e. The summed E-state index contributed by atoms with van der Waals surface area (Å²) in [6, 6.07) is 23.8. The van der Waals surface area contributed by atoms with Crippen LogP contribution in [0.5, 0.6) is 0 Å². The standard InChI is InChI=1S/C37H44ClN9O9/c1-2-3-16-32-40-34(38)33(45(32)23-26-17-19-27(20-18-26)29-14-7-8-15-30(29)35-41-43-44-42-35)36(48)39-31(22-25-11-5-4-6-12-25)37(49)54-21-10-9-13-28(56-47(52)53)24-55-46(50)51/h4-8,11-12,14-15,17-20,28,31,50-53H,2-3,9-10,13,16,21-24H2,1H3,(H,39,48)(H,41,42,43,44). The van der Waals surface area contributed by atoms with Crippen LogP contribution in [0, 0.1) is 0 Å². The van der Waals surface area contributed by atoms with Crippen LogP contribution in [0.4, 0.5) is 0 Å². The highest BCUT2D eigenvalue weighted by atomic mass is 35.5. The van der Waals surface area contributed by atoms with Gasteiger partial charge in [0.1, 0.15) is 30.3 Å². The maximum absolute atomic E-state index is 14.1. The van der Waals surface area contributed by atoms with Gasteiger partial charge in [-0.2, -0.15) is 5.21 Å². The summed E-state index contributed by atoms with van der Waals surface area (Å²) in [6.45, 7) is 1.90. The highest BCUT2D eigenvalue weighted by Crippen LogP contribution is 2.30. The molecule has 3 aromatic carbocycles. The molecule has 56 heavy (non-hydrogen) atoms. The van der Waals surface area contributed by atoms with Crippen LogP contribution in [0.3, 0.4) is 0 Å². The Morgan fingerprint density at radius 2 is 1.64 bits per heavy atom. The number of unbranched alkanes of at least 4 members (excludes halogenated alkanes) is 2. The molecular formula is C37H44ClN9O9. The smallest absolute Gasteiger partial charge is 0.328 e. The average Bonchev–Trinajstić information content (AvgIpc) is 3.84. The number of ether oxygens (including phenoxy) is 1. The second-order valence-electron chi connectivity index (χ2n) is 12.7. The van der Waals surface area contributed by atoms with E-state index < -0.39 is 41.4 Å². The lowest BCUT2D eigenvalue weighted by molar-refractivity contribution is -0.527. The maximum atomic E-state index is 14.1. The van der Waals surface area contributed by atoms with Gasteiger partial charge in [0, 0.05) is 24.9 Å². The highest BCUT2D eigenvalue weighted by molar-refractivity contribution is 6.32. The molecule has 0 fully saturated rings. The van der Waals surface area contributed by atoms with Crippen LogP contribution >= 0.6 is 11.6 Å². The minimum atomic E-state index is -1.08. The van der Waals surface area contributed by atoms with E-state index in [0.717, 1.165) is 40.7 Å². The zero-order valence-electron chi connectivity index (χ0n) is 30.6. The van der Waals surface area contributed by atoms with E-state index in [0.29, 0.717) is 30.9 Å². The minimum absolute atomic E-state index is 0.0154. The first-order chi connectivity index (χ1) is 27.1. The Balaban J connectivity index is 1.31. The van der Waals surface area contributed by atoms with E-state index in [9.17, 15) is 9.59 Å². The summed E-state index contributed by atoms with van der Waals surface area (Å²) >= 11 is 6.69. The van der Waals surface area contributed by atoms with Gasteiger partial charge in [-0.25, -0.2) is 19.5 Å². The van der Waals surface area contributed by atoms with Gasteiger partial charge in [-0.05, 0) is 53.2 Å². The average molecular weight is 794 g/mol. The molecule has 2 unspecified atom stereocenters. The molecule has 0 aliphatic rings. The second-order valence-corrected chi connectivity index (χ2v) is 13.1. The number of esters is 1. The van der Waals surface area contributed by atoms with Gasteiger partial charge in [0.15, 0.2) is 5.15 Å². The fourth-order valence-electron chi connectivity index (χ4n) is 6.02. The third-order valence-corrected chi connectivity index (χ3v) is 9.01. The van der Waals surface area contributed by atoms with Crippen LogP contribution in [0.15, 0.2) is 78.9 Å². The van der Waals surface area contributed by atoms with Gasteiger partial charge >= 0.3 is 5.97 Å². The van der Waals surface area contributed by atoms with Gasteiger partial charge in [-0.15, -0.1) is 10.2 Å². The van der Waals surface area contributed by atoms with Crippen molar-refractivity contribution >= 4 is 23.5 Å². The molecule has 18 nitrogen and oxygen atoms in total. The van der Waals surface area contributed by atoms with Gasteiger partial charge in [0.25, 0.3) is 5.91 Å². The molecule has 298 valence electrons. The molecule has 0 saturated heterocycles. The monoisotopic (exact) mass is 793 g/mol. The number of nitrogens with one attached hydrogen (secondary N) is 2. The second kappa shape index (κ2) is 21.2. The van der Waals surface area contributed by atoms with Crippen molar-refractivity contribution in [1.82, 2.24) is 46.3 Å². The minimum Gasteiger partial charge on any atom is -0.464 e. The molecule has 0 aliphatic heterocycles. The predicted molar refractivity (Wildman–Crippen MR) is 198 cm³/mol. The first kappa shape index (κ1) is 42.0. The number of hydrogen-bond acceptors (Lipinski definition) is 15.